The maximum absolute atomic E-state index is 10.6. The van der Waals surface area contributed by atoms with Crippen LogP contribution in [0.15, 0.2) is 10.8 Å². The summed E-state index contributed by atoms with van der Waals surface area (Å²) in [7, 11) is 0. The van der Waals surface area contributed by atoms with E-state index >= 15 is 0 Å². The summed E-state index contributed by atoms with van der Waals surface area (Å²) in [6, 6.07) is 0. The van der Waals surface area contributed by atoms with Gasteiger partial charge in [0.05, 0.1) is 5.69 Å². The molecule has 2 rings (SSSR count). The first-order valence-electron chi connectivity index (χ1n) is 3.44. The van der Waals surface area contributed by atoms with E-state index in [-0.39, 0.29) is 0 Å². The van der Waals surface area contributed by atoms with Crippen molar-refractivity contribution in [1.29, 1.82) is 0 Å². The van der Waals surface area contributed by atoms with Gasteiger partial charge in [-0.1, -0.05) is 0 Å². The molecule has 58 valence electrons. The molecule has 1 aliphatic carbocycles. The average molecular weight is 153 g/mol. The Hall–Kier alpha value is -1.32. The Bertz CT molecular complexity index is 292. The number of fused-ring (bicyclic) bond motifs is 1. The second-order valence-corrected chi connectivity index (χ2v) is 2.59. The van der Waals surface area contributed by atoms with Gasteiger partial charge in [-0.15, -0.1) is 0 Å². The van der Waals surface area contributed by atoms with Crippen molar-refractivity contribution in [2.45, 2.75) is 18.8 Å². The number of oxazole rings is 1. The smallest absolute Gasteiger partial charge is 0.312 e. The molecule has 1 atom stereocenters. The van der Waals surface area contributed by atoms with Gasteiger partial charge in [0.25, 0.3) is 0 Å². The van der Waals surface area contributed by atoms with E-state index in [9.17, 15) is 4.79 Å². The number of carbonyl (C=O) groups is 1. The maximum atomic E-state index is 10.6. The number of aryl methyl sites for hydroxylation is 1. The number of hydrogen-bond acceptors (Lipinski definition) is 3. The molecule has 1 heterocycles. The Morgan fingerprint density at radius 1 is 1.82 bits per heavy atom. The number of rotatable bonds is 1. The van der Waals surface area contributed by atoms with Crippen LogP contribution in [0.5, 0.6) is 0 Å². The van der Waals surface area contributed by atoms with Gasteiger partial charge >= 0.3 is 5.97 Å². The van der Waals surface area contributed by atoms with Gasteiger partial charge in [0, 0.05) is 6.42 Å². The minimum atomic E-state index is -0.808. The molecule has 4 nitrogen and oxygen atoms in total. The van der Waals surface area contributed by atoms with Crippen LogP contribution in [0, 0.1) is 0 Å². The zero-order valence-corrected chi connectivity index (χ0v) is 5.78. The molecule has 0 saturated heterocycles. The fraction of sp³-hybridized carbons (Fsp3) is 0.429. The van der Waals surface area contributed by atoms with Crippen molar-refractivity contribution in [3.05, 3.63) is 17.8 Å². The number of nitrogens with zero attached hydrogens (tertiary/aromatic N) is 1. The molecule has 0 saturated carbocycles. The fourth-order valence-corrected chi connectivity index (χ4v) is 1.40. The third-order valence-corrected chi connectivity index (χ3v) is 1.96. The summed E-state index contributed by atoms with van der Waals surface area (Å²) < 4.78 is 4.98. The monoisotopic (exact) mass is 153 g/mol. The summed E-state index contributed by atoms with van der Waals surface area (Å²) in [6.07, 6.45) is 2.63. The molecule has 1 unspecified atom stereocenters. The van der Waals surface area contributed by atoms with Crippen LogP contribution in [-0.4, -0.2) is 16.1 Å². The predicted molar refractivity (Wildman–Crippen MR) is 35.2 cm³/mol. The Kier molecular flexibility index (Phi) is 1.21. The molecular formula is C7H7NO3. The molecule has 0 bridgehead atoms. The molecular weight excluding hydrogens is 146 g/mol. The van der Waals surface area contributed by atoms with Gasteiger partial charge in [-0.3, -0.25) is 4.79 Å². The normalized spacial score (nSPS) is 21.6. The van der Waals surface area contributed by atoms with Crippen molar-refractivity contribution in [1.82, 2.24) is 4.98 Å². The van der Waals surface area contributed by atoms with Crippen molar-refractivity contribution in [2.75, 3.05) is 0 Å². The molecule has 1 N–H and O–H groups in total. The summed E-state index contributed by atoms with van der Waals surface area (Å²) >= 11 is 0. The first-order chi connectivity index (χ1) is 5.29. The van der Waals surface area contributed by atoms with Crippen LogP contribution >= 0.6 is 0 Å². The van der Waals surface area contributed by atoms with Gasteiger partial charge < -0.3 is 9.52 Å². The highest BCUT2D eigenvalue weighted by Crippen LogP contribution is 2.31. The second-order valence-electron chi connectivity index (χ2n) is 2.59. The number of aliphatic carboxylic acids is 1. The first kappa shape index (κ1) is 6.39. The van der Waals surface area contributed by atoms with Crippen molar-refractivity contribution in [3.8, 4) is 0 Å². The van der Waals surface area contributed by atoms with Gasteiger partial charge in [0.1, 0.15) is 11.7 Å². The molecule has 1 aliphatic rings. The van der Waals surface area contributed by atoms with Crippen LogP contribution in [0.25, 0.3) is 0 Å². The van der Waals surface area contributed by atoms with E-state index in [0.29, 0.717) is 18.5 Å². The minimum Gasteiger partial charge on any atom is -0.481 e. The molecule has 1 aromatic rings. The van der Waals surface area contributed by atoms with Gasteiger partial charge in [0.2, 0.25) is 0 Å². The van der Waals surface area contributed by atoms with Crippen LogP contribution in [0.3, 0.4) is 0 Å². The Morgan fingerprint density at radius 3 is 3.36 bits per heavy atom. The van der Waals surface area contributed by atoms with Gasteiger partial charge in [-0.05, 0) is 6.42 Å². The molecule has 1 aromatic heterocycles. The van der Waals surface area contributed by atoms with E-state index in [1.807, 2.05) is 0 Å². The molecule has 0 spiro atoms. The lowest BCUT2D eigenvalue weighted by molar-refractivity contribution is -0.138. The van der Waals surface area contributed by atoms with Crippen molar-refractivity contribution in [2.24, 2.45) is 0 Å². The maximum Gasteiger partial charge on any atom is 0.312 e. The first-order valence-corrected chi connectivity index (χ1v) is 3.44. The van der Waals surface area contributed by atoms with E-state index in [1.165, 1.54) is 6.39 Å². The lowest BCUT2D eigenvalue weighted by atomic mass is 10.1. The highest BCUT2D eigenvalue weighted by Gasteiger charge is 2.32. The number of aromatic nitrogens is 1. The zero-order valence-electron chi connectivity index (χ0n) is 5.78. The summed E-state index contributed by atoms with van der Waals surface area (Å²) in [5, 5.41) is 8.70. The highest BCUT2D eigenvalue weighted by atomic mass is 16.4. The van der Waals surface area contributed by atoms with Crippen LogP contribution in [0.1, 0.15) is 23.8 Å². The third kappa shape index (κ3) is 0.824. The standard InChI is InChI=1S/C7H7NO3/c9-7(10)4-1-2-5-6(4)8-3-11-5/h3-4H,1-2H2,(H,9,10). The predicted octanol–water partition coefficient (Wildman–Crippen LogP) is 0.789. The molecule has 11 heavy (non-hydrogen) atoms. The van der Waals surface area contributed by atoms with E-state index in [4.69, 9.17) is 9.52 Å². The number of hydrogen-bond donors (Lipinski definition) is 1. The summed E-state index contributed by atoms with van der Waals surface area (Å²) in [6.45, 7) is 0. The molecule has 0 amide bonds. The van der Waals surface area contributed by atoms with Crippen LogP contribution in [0.2, 0.25) is 0 Å². The van der Waals surface area contributed by atoms with Gasteiger partial charge in [-0.25, -0.2) is 4.98 Å². The lowest BCUT2D eigenvalue weighted by Gasteiger charge is -1.98. The zero-order chi connectivity index (χ0) is 7.84. The molecule has 0 radical (unpaired) electrons. The molecule has 0 aromatic carbocycles. The quantitative estimate of drug-likeness (QED) is 0.647. The summed E-state index contributed by atoms with van der Waals surface area (Å²) in [4.78, 5) is 14.4. The van der Waals surface area contributed by atoms with E-state index in [2.05, 4.69) is 4.98 Å². The number of carboxylic acids is 1. The average Bonchev–Trinajstić information content (AvgIpc) is 2.41. The summed E-state index contributed by atoms with van der Waals surface area (Å²) in [5.74, 6) is -0.515. The third-order valence-electron chi connectivity index (χ3n) is 1.96. The molecule has 0 fully saturated rings. The van der Waals surface area contributed by atoms with Gasteiger partial charge in [0.15, 0.2) is 6.39 Å². The Labute approximate surface area is 62.9 Å². The lowest BCUT2D eigenvalue weighted by Crippen LogP contribution is -2.08. The molecule has 0 aliphatic heterocycles. The summed E-state index contributed by atoms with van der Waals surface area (Å²) in [5.41, 5.74) is 0.609. The van der Waals surface area contributed by atoms with Crippen LogP contribution < -0.4 is 0 Å². The second kappa shape index (κ2) is 2.08. The van der Waals surface area contributed by atoms with Crippen LogP contribution in [0.4, 0.5) is 0 Å². The van der Waals surface area contributed by atoms with E-state index in [1.54, 1.807) is 0 Å². The van der Waals surface area contributed by atoms with Crippen LogP contribution in [-0.2, 0) is 11.2 Å². The van der Waals surface area contributed by atoms with Crippen molar-refractivity contribution >= 4 is 5.97 Å². The minimum absolute atomic E-state index is 0.441. The fourth-order valence-electron chi connectivity index (χ4n) is 1.40. The number of carboxylic acid groups (broad SMARTS) is 1. The van der Waals surface area contributed by atoms with Gasteiger partial charge in [-0.2, -0.15) is 0 Å². The Balaban J connectivity index is 2.38. The van der Waals surface area contributed by atoms with Crippen molar-refractivity contribution in [3.63, 3.8) is 0 Å². The highest BCUT2D eigenvalue weighted by molar-refractivity contribution is 5.76. The Morgan fingerprint density at radius 2 is 2.64 bits per heavy atom. The van der Waals surface area contributed by atoms with Crippen molar-refractivity contribution < 1.29 is 14.3 Å². The largest absolute Gasteiger partial charge is 0.481 e. The van der Waals surface area contributed by atoms with E-state index in [0.717, 1.165) is 5.76 Å². The topological polar surface area (TPSA) is 63.3 Å². The SMILES string of the molecule is O=C(O)C1CCc2ocnc21. The van der Waals surface area contributed by atoms with E-state index < -0.39 is 11.9 Å². The molecule has 4 heteroatoms.